The van der Waals surface area contributed by atoms with E-state index in [-0.39, 0.29) is 0 Å². The molecule has 1 atom stereocenters. The summed E-state index contributed by atoms with van der Waals surface area (Å²) in [5.74, 6) is 0.740. The molecule has 0 heterocycles. The van der Waals surface area contributed by atoms with E-state index < -0.39 is 11.2 Å². The minimum absolute atomic E-state index is 0.712. The minimum atomic E-state index is -1.07. The standard InChI is InChI=1S/C13H18O2/c1-5-13(4,14)12(2,3)15-11-9-7-6-8-10-11/h5-10,14H,1H2,2-4H3. The Labute approximate surface area is 91.2 Å². The van der Waals surface area contributed by atoms with E-state index in [1.165, 1.54) is 6.08 Å². The quantitative estimate of drug-likeness (QED) is 0.767. The summed E-state index contributed by atoms with van der Waals surface area (Å²) in [5, 5.41) is 10.1. The number of para-hydroxylation sites is 1. The van der Waals surface area contributed by atoms with Gasteiger partial charge in [-0.3, -0.25) is 0 Å². The number of hydrogen-bond donors (Lipinski definition) is 1. The van der Waals surface area contributed by atoms with Crippen LogP contribution in [-0.4, -0.2) is 16.3 Å². The molecule has 0 aliphatic carbocycles. The molecule has 82 valence electrons. The first-order valence-corrected chi connectivity index (χ1v) is 4.99. The largest absolute Gasteiger partial charge is 0.485 e. The molecular weight excluding hydrogens is 188 g/mol. The molecule has 2 heteroatoms. The lowest BCUT2D eigenvalue weighted by atomic mass is 9.87. The van der Waals surface area contributed by atoms with Crippen LogP contribution in [-0.2, 0) is 0 Å². The second-order valence-electron chi connectivity index (χ2n) is 4.28. The summed E-state index contributed by atoms with van der Waals surface area (Å²) in [6.45, 7) is 8.96. The second kappa shape index (κ2) is 4.07. The molecule has 0 fully saturated rings. The monoisotopic (exact) mass is 206 g/mol. The van der Waals surface area contributed by atoms with E-state index in [2.05, 4.69) is 6.58 Å². The van der Waals surface area contributed by atoms with Crippen molar-refractivity contribution in [1.29, 1.82) is 0 Å². The Bertz CT molecular complexity index is 326. The Hall–Kier alpha value is -1.28. The van der Waals surface area contributed by atoms with Crippen molar-refractivity contribution < 1.29 is 9.84 Å². The molecule has 0 aliphatic rings. The van der Waals surface area contributed by atoms with Crippen molar-refractivity contribution >= 4 is 0 Å². The van der Waals surface area contributed by atoms with Crippen LogP contribution in [0.2, 0.25) is 0 Å². The number of rotatable bonds is 4. The van der Waals surface area contributed by atoms with E-state index in [1.807, 2.05) is 44.2 Å². The van der Waals surface area contributed by atoms with Crippen molar-refractivity contribution in [3.8, 4) is 5.75 Å². The lowest BCUT2D eigenvalue weighted by molar-refractivity contribution is -0.0705. The van der Waals surface area contributed by atoms with Gasteiger partial charge in [0.2, 0.25) is 0 Å². The average molecular weight is 206 g/mol. The maximum Gasteiger partial charge on any atom is 0.135 e. The molecule has 2 nitrogen and oxygen atoms in total. The highest BCUT2D eigenvalue weighted by Crippen LogP contribution is 2.28. The Balaban J connectivity index is 2.86. The molecule has 0 aliphatic heterocycles. The lowest BCUT2D eigenvalue weighted by Crippen LogP contribution is -2.50. The van der Waals surface area contributed by atoms with Crippen molar-refractivity contribution in [2.75, 3.05) is 0 Å². The highest BCUT2D eigenvalue weighted by molar-refractivity contribution is 5.23. The van der Waals surface area contributed by atoms with E-state index >= 15 is 0 Å². The van der Waals surface area contributed by atoms with Gasteiger partial charge in [-0.05, 0) is 32.9 Å². The normalized spacial score (nSPS) is 15.5. The van der Waals surface area contributed by atoms with Crippen LogP contribution in [0.5, 0.6) is 5.75 Å². The molecule has 1 N–H and O–H groups in total. The first-order chi connectivity index (χ1) is 6.89. The average Bonchev–Trinajstić information content (AvgIpc) is 2.18. The second-order valence-corrected chi connectivity index (χ2v) is 4.28. The number of hydrogen-bond acceptors (Lipinski definition) is 2. The van der Waals surface area contributed by atoms with Crippen LogP contribution in [0.1, 0.15) is 20.8 Å². The highest BCUT2D eigenvalue weighted by atomic mass is 16.5. The molecule has 1 aromatic carbocycles. The smallest absolute Gasteiger partial charge is 0.135 e. The zero-order chi connectivity index (χ0) is 11.5. The summed E-state index contributed by atoms with van der Waals surface area (Å²) in [6.07, 6.45) is 1.50. The molecule has 0 bridgehead atoms. The van der Waals surface area contributed by atoms with Crippen LogP contribution in [0.25, 0.3) is 0 Å². The van der Waals surface area contributed by atoms with Gasteiger partial charge in [0.05, 0.1) is 0 Å². The van der Waals surface area contributed by atoms with E-state index in [0.717, 1.165) is 5.75 Å². The van der Waals surface area contributed by atoms with Crippen molar-refractivity contribution in [2.45, 2.75) is 32.0 Å². The van der Waals surface area contributed by atoms with Crippen molar-refractivity contribution in [3.05, 3.63) is 43.0 Å². The Morgan fingerprint density at radius 2 is 1.73 bits per heavy atom. The maximum absolute atomic E-state index is 10.1. The van der Waals surface area contributed by atoms with Crippen LogP contribution in [0.3, 0.4) is 0 Å². The van der Waals surface area contributed by atoms with Gasteiger partial charge < -0.3 is 9.84 Å². The van der Waals surface area contributed by atoms with E-state index in [4.69, 9.17) is 4.74 Å². The van der Waals surface area contributed by atoms with Gasteiger partial charge in [-0.1, -0.05) is 24.3 Å². The van der Waals surface area contributed by atoms with Gasteiger partial charge in [0, 0.05) is 0 Å². The summed E-state index contributed by atoms with van der Waals surface area (Å²) >= 11 is 0. The van der Waals surface area contributed by atoms with Gasteiger partial charge >= 0.3 is 0 Å². The van der Waals surface area contributed by atoms with Crippen molar-refractivity contribution in [2.24, 2.45) is 0 Å². The van der Waals surface area contributed by atoms with Gasteiger partial charge in [0.1, 0.15) is 17.0 Å². The van der Waals surface area contributed by atoms with Gasteiger partial charge in [0.15, 0.2) is 0 Å². The fraction of sp³-hybridized carbons (Fsp3) is 0.385. The molecule has 0 amide bonds. The predicted octanol–water partition coefficient (Wildman–Crippen LogP) is 2.78. The van der Waals surface area contributed by atoms with Crippen LogP contribution in [0, 0.1) is 0 Å². The fourth-order valence-corrected chi connectivity index (χ4v) is 1.13. The number of ether oxygens (including phenoxy) is 1. The first kappa shape index (κ1) is 11.8. The molecule has 0 spiro atoms. The van der Waals surface area contributed by atoms with Crippen LogP contribution in [0.15, 0.2) is 43.0 Å². The molecule has 1 rings (SSSR count). The van der Waals surface area contributed by atoms with Crippen molar-refractivity contribution in [3.63, 3.8) is 0 Å². The Kier molecular flexibility index (Phi) is 3.20. The maximum atomic E-state index is 10.1. The number of aliphatic hydroxyl groups is 1. The molecule has 1 aromatic rings. The fourth-order valence-electron chi connectivity index (χ4n) is 1.13. The van der Waals surface area contributed by atoms with Gasteiger partial charge in [-0.2, -0.15) is 0 Å². The van der Waals surface area contributed by atoms with E-state index in [9.17, 15) is 5.11 Å². The van der Waals surface area contributed by atoms with Gasteiger partial charge in [-0.25, -0.2) is 0 Å². The third-order valence-electron chi connectivity index (χ3n) is 2.73. The summed E-state index contributed by atoms with van der Waals surface area (Å²) in [5.41, 5.74) is -1.78. The van der Waals surface area contributed by atoms with Crippen molar-refractivity contribution in [1.82, 2.24) is 0 Å². The topological polar surface area (TPSA) is 29.5 Å². The highest BCUT2D eigenvalue weighted by Gasteiger charge is 2.38. The van der Waals surface area contributed by atoms with Gasteiger partial charge in [0.25, 0.3) is 0 Å². The molecule has 0 saturated carbocycles. The number of benzene rings is 1. The summed E-state index contributed by atoms with van der Waals surface area (Å²) in [7, 11) is 0. The van der Waals surface area contributed by atoms with Crippen LogP contribution in [0.4, 0.5) is 0 Å². The predicted molar refractivity (Wildman–Crippen MR) is 62.0 cm³/mol. The molecule has 0 saturated heterocycles. The van der Waals surface area contributed by atoms with E-state index in [1.54, 1.807) is 6.92 Å². The first-order valence-electron chi connectivity index (χ1n) is 4.99. The third-order valence-corrected chi connectivity index (χ3v) is 2.73. The summed E-state index contributed by atoms with van der Waals surface area (Å²) in [4.78, 5) is 0. The zero-order valence-corrected chi connectivity index (χ0v) is 9.53. The molecular formula is C13H18O2. The zero-order valence-electron chi connectivity index (χ0n) is 9.53. The summed E-state index contributed by atoms with van der Waals surface area (Å²) < 4.78 is 5.74. The molecule has 1 unspecified atom stereocenters. The van der Waals surface area contributed by atoms with Gasteiger partial charge in [-0.15, -0.1) is 6.58 Å². The SMILES string of the molecule is C=CC(C)(O)C(C)(C)Oc1ccccc1. The molecule has 15 heavy (non-hydrogen) atoms. The Morgan fingerprint density at radius 3 is 2.20 bits per heavy atom. The van der Waals surface area contributed by atoms with Crippen LogP contribution >= 0.6 is 0 Å². The third kappa shape index (κ3) is 2.60. The minimum Gasteiger partial charge on any atom is -0.485 e. The Morgan fingerprint density at radius 1 is 1.20 bits per heavy atom. The lowest BCUT2D eigenvalue weighted by Gasteiger charge is -2.37. The van der Waals surface area contributed by atoms with Crippen LogP contribution < -0.4 is 4.74 Å². The van der Waals surface area contributed by atoms with E-state index in [0.29, 0.717) is 0 Å². The molecule has 0 radical (unpaired) electrons. The molecule has 0 aromatic heterocycles. The summed E-state index contributed by atoms with van der Waals surface area (Å²) in [6, 6.07) is 9.44.